The molecule has 184 valence electrons. The first-order valence-corrected chi connectivity index (χ1v) is 11.8. The van der Waals surface area contributed by atoms with Crippen LogP contribution in [-0.2, 0) is 14.9 Å². The third-order valence-corrected chi connectivity index (χ3v) is 6.23. The molecule has 3 aromatic rings. The topological polar surface area (TPSA) is 149 Å². The van der Waals surface area contributed by atoms with Crippen molar-refractivity contribution in [2.75, 3.05) is 12.4 Å². The fourth-order valence-corrected chi connectivity index (χ4v) is 4.11. The number of nitro groups is 1. The van der Waals surface area contributed by atoms with Gasteiger partial charge in [0.15, 0.2) is 11.5 Å². The summed E-state index contributed by atoms with van der Waals surface area (Å²) in [4.78, 5) is 23.4. The first-order chi connectivity index (χ1) is 17.1. The largest absolute Gasteiger partial charge is 0.493 e. The van der Waals surface area contributed by atoms with Crippen molar-refractivity contribution >= 4 is 33.5 Å². The van der Waals surface area contributed by atoms with E-state index in [9.17, 15) is 28.6 Å². The van der Waals surface area contributed by atoms with Gasteiger partial charge in [0.2, 0.25) is 0 Å². The molecule has 0 aliphatic carbocycles. The predicted molar refractivity (Wildman–Crippen MR) is 132 cm³/mol. The second-order valence-electron chi connectivity index (χ2n) is 7.63. The Morgan fingerprint density at radius 3 is 2.36 bits per heavy atom. The summed E-state index contributed by atoms with van der Waals surface area (Å²) in [5, 5.41) is 23.3. The number of nitriles is 1. The molecule has 0 spiro atoms. The predicted octanol–water partition coefficient (Wildman–Crippen LogP) is 4.53. The number of hydrogen-bond donors (Lipinski definition) is 1. The molecule has 1 amide bonds. The minimum absolute atomic E-state index is 0.0475. The van der Waals surface area contributed by atoms with E-state index in [-0.39, 0.29) is 33.3 Å². The van der Waals surface area contributed by atoms with Crippen LogP contribution < -0.4 is 14.2 Å². The molecule has 0 aromatic heterocycles. The molecular formula is C25H21N3O7S. The zero-order valence-corrected chi connectivity index (χ0v) is 20.3. The average Bonchev–Trinajstić information content (AvgIpc) is 2.84. The molecule has 3 aromatic carbocycles. The summed E-state index contributed by atoms with van der Waals surface area (Å²) in [7, 11) is -2.98. The number of carbonyl (C=O) groups is 1. The second-order valence-corrected chi connectivity index (χ2v) is 9.18. The number of anilines is 1. The molecule has 3 rings (SSSR count). The van der Waals surface area contributed by atoms with Crippen molar-refractivity contribution in [1.29, 1.82) is 5.26 Å². The molecule has 0 aliphatic rings. The highest BCUT2D eigenvalue weighted by atomic mass is 32.2. The van der Waals surface area contributed by atoms with Gasteiger partial charge in [0.1, 0.15) is 22.2 Å². The van der Waals surface area contributed by atoms with Crippen LogP contribution in [-0.4, -0.2) is 26.4 Å². The van der Waals surface area contributed by atoms with Crippen molar-refractivity contribution < 1.29 is 27.1 Å². The van der Waals surface area contributed by atoms with Gasteiger partial charge in [-0.05, 0) is 49.8 Å². The number of benzene rings is 3. The minimum atomic E-state index is -4.28. The summed E-state index contributed by atoms with van der Waals surface area (Å²) in [6.07, 6.45) is 1.11. The van der Waals surface area contributed by atoms with Crippen LogP contribution in [0.5, 0.6) is 11.5 Å². The van der Waals surface area contributed by atoms with E-state index >= 15 is 0 Å². The standard InChI is InChI=1S/C25H21N3O7S/c1-16-7-10-20(11-8-16)36(32,33)35-24-18(5-4-6-23(24)34-3)14-19(15-26)25(29)27-21-12-9-17(2)13-22(21)28(30)31/h4-14H,1-3H3,(H,27,29)/b19-14+. The maximum Gasteiger partial charge on any atom is 0.339 e. The maximum absolute atomic E-state index is 12.9. The Morgan fingerprint density at radius 2 is 1.75 bits per heavy atom. The van der Waals surface area contributed by atoms with Crippen LogP contribution in [0.25, 0.3) is 6.08 Å². The van der Waals surface area contributed by atoms with Gasteiger partial charge in [-0.2, -0.15) is 13.7 Å². The summed E-state index contributed by atoms with van der Waals surface area (Å²) in [5.74, 6) is -1.12. The third kappa shape index (κ3) is 5.86. The van der Waals surface area contributed by atoms with Crippen molar-refractivity contribution in [2.45, 2.75) is 18.7 Å². The van der Waals surface area contributed by atoms with Crippen LogP contribution in [0.2, 0.25) is 0 Å². The number of aryl methyl sites for hydroxylation is 2. The monoisotopic (exact) mass is 507 g/mol. The van der Waals surface area contributed by atoms with Gasteiger partial charge in [0.05, 0.1) is 12.0 Å². The SMILES string of the molecule is COc1cccc(/C=C(\C#N)C(=O)Nc2ccc(C)cc2[N+](=O)[O-])c1OS(=O)(=O)c1ccc(C)cc1. The zero-order chi connectivity index (χ0) is 26.5. The number of hydrogen-bond acceptors (Lipinski definition) is 8. The average molecular weight is 508 g/mol. The number of para-hydroxylation sites is 1. The number of nitro benzene ring substituents is 1. The second kappa shape index (κ2) is 10.7. The van der Waals surface area contributed by atoms with Gasteiger partial charge < -0.3 is 14.2 Å². The Labute approximate surface area is 207 Å². The van der Waals surface area contributed by atoms with E-state index in [0.29, 0.717) is 5.56 Å². The molecule has 0 heterocycles. The number of nitrogens with zero attached hydrogens (tertiary/aromatic N) is 2. The molecule has 0 unspecified atom stereocenters. The molecule has 0 saturated carbocycles. The molecule has 0 saturated heterocycles. The molecule has 0 atom stereocenters. The quantitative estimate of drug-likeness (QED) is 0.154. The van der Waals surface area contributed by atoms with E-state index in [1.807, 2.05) is 0 Å². The van der Waals surface area contributed by atoms with Crippen molar-refractivity contribution in [2.24, 2.45) is 0 Å². The van der Waals surface area contributed by atoms with E-state index < -0.39 is 26.5 Å². The molecule has 10 nitrogen and oxygen atoms in total. The van der Waals surface area contributed by atoms with Crippen molar-refractivity contribution in [3.05, 3.63) is 93.0 Å². The Hall–Kier alpha value is -4.69. The molecule has 0 aliphatic heterocycles. The van der Waals surface area contributed by atoms with E-state index in [1.54, 1.807) is 38.1 Å². The van der Waals surface area contributed by atoms with Gasteiger partial charge in [-0.3, -0.25) is 14.9 Å². The van der Waals surface area contributed by atoms with Crippen LogP contribution in [0.4, 0.5) is 11.4 Å². The lowest BCUT2D eigenvalue weighted by atomic mass is 10.1. The Bertz CT molecular complexity index is 1510. The van der Waals surface area contributed by atoms with E-state index in [2.05, 4.69) is 5.32 Å². The summed E-state index contributed by atoms with van der Waals surface area (Å²) in [5.41, 5.74) is 0.652. The zero-order valence-electron chi connectivity index (χ0n) is 19.5. The van der Waals surface area contributed by atoms with Crippen LogP contribution in [0.3, 0.4) is 0 Å². The van der Waals surface area contributed by atoms with Gasteiger partial charge in [-0.15, -0.1) is 0 Å². The van der Waals surface area contributed by atoms with Crippen molar-refractivity contribution in [3.8, 4) is 17.6 Å². The van der Waals surface area contributed by atoms with E-state index in [1.165, 1.54) is 49.6 Å². The highest BCUT2D eigenvalue weighted by Crippen LogP contribution is 2.35. The molecule has 0 bridgehead atoms. The molecule has 36 heavy (non-hydrogen) atoms. The van der Waals surface area contributed by atoms with Gasteiger partial charge in [0, 0.05) is 11.6 Å². The van der Waals surface area contributed by atoms with Gasteiger partial charge in [0.25, 0.3) is 11.6 Å². The molecule has 11 heteroatoms. The first kappa shape index (κ1) is 25.9. The Morgan fingerprint density at radius 1 is 1.08 bits per heavy atom. The Kier molecular flexibility index (Phi) is 7.71. The van der Waals surface area contributed by atoms with Crippen LogP contribution in [0.15, 0.2) is 71.1 Å². The van der Waals surface area contributed by atoms with Gasteiger partial charge >= 0.3 is 10.1 Å². The number of rotatable bonds is 8. The number of carbonyl (C=O) groups excluding carboxylic acids is 1. The van der Waals surface area contributed by atoms with E-state index in [4.69, 9.17) is 8.92 Å². The van der Waals surface area contributed by atoms with Crippen molar-refractivity contribution in [1.82, 2.24) is 0 Å². The molecular weight excluding hydrogens is 486 g/mol. The minimum Gasteiger partial charge on any atom is -0.493 e. The number of amides is 1. The fourth-order valence-electron chi connectivity index (χ4n) is 3.15. The number of nitrogens with one attached hydrogen (secondary N) is 1. The van der Waals surface area contributed by atoms with Crippen LogP contribution in [0, 0.1) is 35.3 Å². The highest BCUT2D eigenvalue weighted by molar-refractivity contribution is 7.87. The number of ether oxygens (including phenoxy) is 1. The summed E-state index contributed by atoms with van der Waals surface area (Å²) in [6.45, 7) is 3.47. The lowest BCUT2D eigenvalue weighted by molar-refractivity contribution is -0.384. The smallest absolute Gasteiger partial charge is 0.339 e. The number of methoxy groups -OCH3 is 1. The fraction of sp³-hybridized carbons (Fsp3) is 0.120. The van der Waals surface area contributed by atoms with Gasteiger partial charge in [-0.1, -0.05) is 35.9 Å². The normalized spacial score (nSPS) is 11.3. The van der Waals surface area contributed by atoms with Crippen LogP contribution >= 0.6 is 0 Å². The molecule has 0 radical (unpaired) electrons. The lowest BCUT2D eigenvalue weighted by Gasteiger charge is -2.14. The summed E-state index contributed by atoms with van der Waals surface area (Å²) in [6, 6.07) is 16.4. The third-order valence-electron chi connectivity index (χ3n) is 5.00. The van der Waals surface area contributed by atoms with Crippen molar-refractivity contribution in [3.63, 3.8) is 0 Å². The maximum atomic E-state index is 12.9. The highest BCUT2D eigenvalue weighted by Gasteiger charge is 2.23. The summed E-state index contributed by atoms with van der Waals surface area (Å²) < 4.78 is 36.4. The first-order valence-electron chi connectivity index (χ1n) is 10.4. The summed E-state index contributed by atoms with van der Waals surface area (Å²) >= 11 is 0. The van der Waals surface area contributed by atoms with Crippen LogP contribution in [0.1, 0.15) is 16.7 Å². The molecule has 0 fully saturated rings. The van der Waals surface area contributed by atoms with E-state index in [0.717, 1.165) is 11.6 Å². The van der Waals surface area contributed by atoms with Gasteiger partial charge in [-0.25, -0.2) is 0 Å². The Balaban J connectivity index is 2.01. The molecule has 1 N–H and O–H groups in total. The lowest BCUT2D eigenvalue weighted by Crippen LogP contribution is -2.15.